The van der Waals surface area contributed by atoms with E-state index in [4.69, 9.17) is 0 Å². The SMILES string of the molecule is O=Cc1ccc(-c2cccc(N3CC(=O)NC3=O)c2)cc1. The number of urea groups is 1. The van der Waals surface area contributed by atoms with Crippen LogP contribution in [0.2, 0.25) is 0 Å². The third-order valence-corrected chi connectivity index (χ3v) is 3.33. The number of carbonyl (C=O) groups excluding carboxylic acids is 3. The van der Waals surface area contributed by atoms with E-state index < -0.39 is 6.03 Å². The van der Waals surface area contributed by atoms with Gasteiger partial charge in [-0.15, -0.1) is 0 Å². The predicted octanol–water partition coefficient (Wildman–Crippen LogP) is 2.22. The summed E-state index contributed by atoms with van der Waals surface area (Å²) in [6, 6.07) is 14.1. The Morgan fingerprint density at radius 2 is 1.76 bits per heavy atom. The Hall–Kier alpha value is -2.95. The van der Waals surface area contributed by atoms with Gasteiger partial charge in [-0.25, -0.2) is 4.79 Å². The summed E-state index contributed by atoms with van der Waals surface area (Å²) in [6.07, 6.45) is 0.792. The Kier molecular flexibility index (Phi) is 3.23. The maximum absolute atomic E-state index is 11.7. The van der Waals surface area contributed by atoms with Crippen LogP contribution >= 0.6 is 0 Å². The highest BCUT2D eigenvalue weighted by molar-refractivity contribution is 6.12. The summed E-state index contributed by atoms with van der Waals surface area (Å²) >= 11 is 0. The molecule has 1 fully saturated rings. The molecule has 5 nitrogen and oxygen atoms in total. The van der Waals surface area contributed by atoms with Crippen LogP contribution < -0.4 is 10.2 Å². The van der Waals surface area contributed by atoms with Gasteiger partial charge in [0.25, 0.3) is 0 Å². The Bertz CT molecular complexity index is 723. The Morgan fingerprint density at radius 3 is 2.38 bits per heavy atom. The highest BCUT2D eigenvalue weighted by Crippen LogP contribution is 2.25. The second-order valence-electron chi connectivity index (χ2n) is 4.73. The largest absolute Gasteiger partial charge is 0.329 e. The Morgan fingerprint density at radius 1 is 1.00 bits per heavy atom. The van der Waals surface area contributed by atoms with Crippen molar-refractivity contribution in [3.63, 3.8) is 0 Å². The first-order chi connectivity index (χ1) is 10.2. The van der Waals surface area contributed by atoms with E-state index >= 15 is 0 Å². The number of nitrogens with zero attached hydrogens (tertiary/aromatic N) is 1. The van der Waals surface area contributed by atoms with E-state index in [0.717, 1.165) is 17.4 Å². The van der Waals surface area contributed by atoms with Gasteiger partial charge in [0.15, 0.2) is 0 Å². The summed E-state index contributed by atoms with van der Waals surface area (Å²) < 4.78 is 0. The lowest BCUT2D eigenvalue weighted by Gasteiger charge is -2.14. The number of carbonyl (C=O) groups is 3. The van der Waals surface area contributed by atoms with Crippen LogP contribution in [0, 0.1) is 0 Å². The summed E-state index contributed by atoms with van der Waals surface area (Å²) in [6.45, 7) is 0.0341. The zero-order chi connectivity index (χ0) is 14.8. The highest BCUT2D eigenvalue weighted by Gasteiger charge is 2.27. The lowest BCUT2D eigenvalue weighted by Crippen LogP contribution is -2.27. The van der Waals surface area contributed by atoms with Crippen molar-refractivity contribution in [2.24, 2.45) is 0 Å². The van der Waals surface area contributed by atoms with E-state index in [2.05, 4.69) is 5.32 Å². The van der Waals surface area contributed by atoms with Crippen LogP contribution in [0.15, 0.2) is 48.5 Å². The third kappa shape index (κ3) is 2.53. The van der Waals surface area contributed by atoms with E-state index in [0.29, 0.717) is 11.3 Å². The molecule has 1 saturated heterocycles. The van der Waals surface area contributed by atoms with E-state index in [1.165, 1.54) is 4.90 Å². The summed E-state index contributed by atoms with van der Waals surface area (Å²) in [7, 11) is 0. The quantitative estimate of drug-likeness (QED) is 0.692. The normalized spacial score (nSPS) is 14.2. The van der Waals surface area contributed by atoms with Crippen LogP contribution in [0.3, 0.4) is 0 Å². The second-order valence-corrected chi connectivity index (χ2v) is 4.73. The smallest absolute Gasteiger partial charge is 0.298 e. The van der Waals surface area contributed by atoms with Gasteiger partial charge >= 0.3 is 6.03 Å². The molecule has 1 N–H and O–H groups in total. The summed E-state index contributed by atoms with van der Waals surface area (Å²) in [4.78, 5) is 35.0. The molecule has 2 aromatic rings. The first-order valence-corrected chi connectivity index (χ1v) is 6.44. The third-order valence-electron chi connectivity index (χ3n) is 3.33. The van der Waals surface area contributed by atoms with Crippen molar-refractivity contribution >= 4 is 23.9 Å². The van der Waals surface area contributed by atoms with Gasteiger partial charge in [0.05, 0.1) is 0 Å². The van der Waals surface area contributed by atoms with Crippen LogP contribution in [-0.2, 0) is 4.79 Å². The van der Waals surface area contributed by atoms with Crippen molar-refractivity contribution in [2.45, 2.75) is 0 Å². The molecule has 104 valence electrons. The lowest BCUT2D eigenvalue weighted by atomic mass is 10.0. The molecular weight excluding hydrogens is 268 g/mol. The summed E-state index contributed by atoms with van der Waals surface area (Å²) in [5.41, 5.74) is 3.13. The van der Waals surface area contributed by atoms with Gasteiger partial charge in [-0.1, -0.05) is 36.4 Å². The van der Waals surface area contributed by atoms with Gasteiger partial charge in [0, 0.05) is 11.3 Å². The number of imide groups is 1. The number of hydrogen-bond acceptors (Lipinski definition) is 3. The average molecular weight is 280 g/mol. The molecule has 0 unspecified atom stereocenters. The second kappa shape index (κ2) is 5.20. The lowest BCUT2D eigenvalue weighted by molar-refractivity contribution is -0.117. The fraction of sp³-hybridized carbons (Fsp3) is 0.0625. The molecule has 0 aliphatic carbocycles. The van der Waals surface area contributed by atoms with Crippen LogP contribution in [0.25, 0.3) is 11.1 Å². The monoisotopic (exact) mass is 280 g/mol. The van der Waals surface area contributed by atoms with Gasteiger partial charge in [-0.2, -0.15) is 0 Å². The highest BCUT2D eigenvalue weighted by atomic mass is 16.2. The van der Waals surface area contributed by atoms with Crippen molar-refractivity contribution < 1.29 is 14.4 Å². The topological polar surface area (TPSA) is 66.5 Å². The fourth-order valence-corrected chi connectivity index (χ4v) is 2.26. The standard InChI is InChI=1S/C16H12N2O3/c19-10-11-4-6-12(7-5-11)13-2-1-3-14(8-13)18-9-15(20)17-16(18)21/h1-8,10H,9H2,(H,17,20,21). The molecule has 2 aromatic carbocycles. The van der Waals surface area contributed by atoms with Gasteiger partial charge < -0.3 is 0 Å². The van der Waals surface area contributed by atoms with E-state index in [-0.39, 0.29) is 12.5 Å². The summed E-state index contributed by atoms with van der Waals surface area (Å²) in [5, 5.41) is 2.25. The van der Waals surface area contributed by atoms with Crippen LogP contribution in [0.4, 0.5) is 10.5 Å². The molecule has 3 amide bonds. The predicted molar refractivity (Wildman–Crippen MR) is 78.2 cm³/mol. The van der Waals surface area contributed by atoms with Crippen molar-refractivity contribution in [2.75, 3.05) is 11.4 Å². The average Bonchev–Trinajstić information content (AvgIpc) is 2.86. The van der Waals surface area contributed by atoms with Gasteiger partial charge in [-0.05, 0) is 23.3 Å². The Balaban J connectivity index is 1.94. The molecule has 0 bridgehead atoms. The molecule has 1 heterocycles. The molecule has 1 aliphatic heterocycles. The number of hydrogen-bond donors (Lipinski definition) is 1. The molecule has 5 heteroatoms. The van der Waals surface area contributed by atoms with E-state index in [9.17, 15) is 14.4 Å². The van der Waals surface area contributed by atoms with Crippen molar-refractivity contribution in [3.8, 4) is 11.1 Å². The van der Waals surface area contributed by atoms with Crippen LogP contribution in [-0.4, -0.2) is 24.8 Å². The van der Waals surface area contributed by atoms with Crippen LogP contribution in [0.1, 0.15) is 10.4 Å². The van der Waals surface area contributed by atoms with Crippen molar-refractivity contribution in [1.29, 1.82) is 0 Å². The number of nitrogens with one attached hydrogen (secondary N) is 1. The maximum atomic E-state index is 11.7. The zero-order valence-corrected chi connectivity index (χ0v) is 11.1. The van der Waals surface area contributed by atoms with E-state index in [1.807, 2.05) is 30.3 Å². The minimum atomic E-state index is -0.409. The van der Waals surface area contributed by atoms with Gasteiger partial charge in [0.1, 0.15) is 12.8 Å². The summed E-state index contributed by atoms with van der Waals surface area (Å²) in [5.74, 6) is -0.305. The first kappa shape index (κ1) is 13.1. The number of amides is 3. The molecule has 0 saturated carbocycles. The minimum Gasteiger partial charge on any atom is -0.298 e. The van der Waals surface area contributed by atoms with E-state index in [1.54, 1.807) is 18.2 Å². The number of aldehydes is 1. The van der Waals surface area contributed by atoms with Crippen molar-refractivity contribution in [1.82, 2.24) is 5.32 Å². The molecule has 0 radical (unpaired) electrons. The molecule has 0 spiro atoms. The fourth-order valence-electron chi connectivity index (χ4n) is 2.26. The molecule has 3 rings (SSSR count). The van der Waals surface area contributed by atoms with Crippen molar-refractivity contribution in [3.05, 3.63) is 54.1 Å². The molecular formula is C16H12N2O3. The number of anilines is 1. The Labute approximate surface area is 121 Å². The number of benzene rings is 2. The first-order valence-electron chi connectivity index (χ1n) is 6.44. The molecule has 0 atom stereocenters. The maximum Gasteiger partial charge on any atom is 0.329 e. The van der Waals surface area contributed by atoms with Crippen LogP contribution in [0.5, 0.6) is 0 Å². The minimum absolute atomic E-state index is 0.0341. The molecule has 0 aromatic heterocycles. The molecule has 21 heavy (non-hydrogen) atoms. The zero-order valence-electron chi connectivity index (χ0n) is 11.1. The van der Waals surface area contributed by atoms with Gasteiger partial charge in [0.2, 0.25) is 5.91 Å². The molecule has 1 aliphatic rings. The van der Waals surface area contributed by atoms with Gasteiger partial charge in [-0.3, -0.25) is 19.8 Å². The number of rotatable bonds is 3.